The zero-order valence-corrected chi connectivity index (χ0v) is 16.4. The molecular formula is C15H22N6O3S2. The highest BCUT2D eigenvalue weighted by molar-refractivity contribution is 7.99. The second-order valence-electron chi connectivity index (χ2n) is 5.41. The summed E-state index contributed by atoms with van der Waals surface area (Å²) in [4.78, 5) is 16.2. The van der Waals surface area contributed by atoms with Crippen molar-refractivity contribution in [3.05, 3.63) is 23.8 Å². The van der Waals surface area contributed by atoms with Gasteiger partial charge in [-0.05, 0) is 24.6 Å². The number of carbonyl (C=O) groups is 1. The van der Waals surface area contributed by atoms with Crippen LogP contribution in [0.1, 0.15) is 19.4 Å². The molecule has 0 aliphatic heterocycles. The van der Waals surface area contributed by atoms with E-state index in [2.05, 4.69) is 20.5 Å². The van der Waals surface area contributed by atoms with Crippen LogP contribution in [-0.2, 0) is 14.8 Å². The number of sulfonamides is 1. The van der Waals surface area contributed by atoms with E-state index in [1.807, 2.05) is 0 Å². The van der Waals surface area contributed by atoms with Gasteiger partial charge in [0.05, 0.1) is 10.6 Å². The first kappa shape index (κ1) is 20.2. The summed E-state index contributed by atoms with van der Waals surface area (Å²) < 4.78 is 26.9. The van der Waals surface area contributed by atoms with Crippen LogP contribution in [0.5, 0.6) is 0 Å². The third kappa shape index (κ3) is 4.74. The lowest BCUT2D eigenvalue weighted by Gasteiger charge is -2.20. The second-order valence-corrected chi connectivity index (χ2v) is 8.26. The second kappa shape index (κ2) is 8.52. The Morgan fingerprint density at radius 3 is 2.62 bits per heavy atom. The average Bonchev–Trinajstić information content (AvgIpc) is 3.01. The predicted molar refractivity (Wildman–Crippen MR) is 101 cm³/mol. The molecule has 0 unspecified atom stereocenters. The number of rotatable bonds is 8. The van der Waals surface area contributed by atoms with E-state index in [0.717, 1.165) is 11.8 Å². The lowest BCUT2D eigenvalue weighted by molar-refractivity contribution is -0.113. The summed E-state index contributed by atoms with van der Waals surface area (Å²) in [6.07, 6.45) is 0. The first-order valence-electron chi connectivity index (χ1n) is 7.99. The molecule has 0 radical (unpaired) electrons. The van der Waals surface area contributed by atoms with Crippen molar-refractivity contribution >= 4 is 39.3 Å². The number of carbonyl (C=O) groups excluding carboxylic acids is 1. The van der Waals surface area contributed by atoms with Crippen LogP contribution < -0.4 is 11.1 Å². The average molecular weight is 399 g/mol. The number of amides is 1. The van der Waals surface area contributed by atoms with Gasteiger partial charge in [0.2, 0.25) is 27.0 Å². The van der Waals surface area contributed by atoms with Crippen molar-refractivity contribution in [2.24, 2.45) is 0 Å². The smallest absolute Gasteiger partial charge is 0.243 e. The van der Waals surface area contributed by atoms with Crippen LogP contribution in [0.3, 0.4) is 0 Å². The van der Waals surface area contributed by atoms with Gasteiger partial charge in [-0.1, -0.05) is 31.7 Å². The number of nitrogens with zero attached hydrogens (tertiary/aromatic N) is 3. The summed E-state index contributed by atoms with van der Waals surface area (Å²) in [6, 6.07) is 4.83. The van der Waals surface area contributed by atoms with Crippen LogP contribution >= 0.6 is 11.8 Å². The van der Waals surface area contributed by atoms with Crippen LogP contribution in [0.4, 0.5) is 11.6 Å². The molecule has 0 bridgehead atoms. The molecule has 0 aliphatic carbocycles. The highest BCUT2D eigenvalue weighted by Gasteiger charge is 2.24. The van der Waals surface area contributed by atoms with E-state index in [9.17, 15) is 13.2 Å². The number of aromatic amines is 1. The van der Waals surface area contributed by atoms with Gasteiger partial charge in [0.25, 0.3) is 0 Å². The number of nitrogens with two attached hydrogens (primary N) is 1. The molecule has 9 nitrogen and oxygen atoms in total. The van der Waals surface area contributed by atoms with Crippen LogP contribution in [0, 0.1) is 6.92 Å². The van der Waals surface area contributed by atoms with Crippen molar-refractivity contribution < 1.29 is 13.2 Å². The maximum Gasteiger partial charge on any atom is 0.243 e. The van der Waals surface area contributed by atoms with Crippen molar-refractivity contribution in [2.75, 3.05) is 29.9 Å². The number of aryl methyl sites for hydroxylation is 1. The van der Waals surface area contributed by atoms with Gasteiger partial charge in [-0.15, -0.1) is 5.10 Å². The zero-order chi connectivity index (χ0) is 19.3. The first-order valence-corrected chi connectivity index (χ1v) is 10.4. The quantitative estimate of drug-likeness (QED) is 0.573. The molecule has 0 saturated heterocycles. The topological polar surface area (TPSA) is 134 Å². The summed E-state index contributed by atoms with van der Waals surface area (Å²) in [5.74, 6) is -0.0466. The summed E-state index contributed by atoms with van der Waals surface area (Å²) in [5, 5.41) is 9.38. The number of aromatic nitrogens is 3. The molecule has 2 rings (SSSR count). The lowest BCUT2D eigenvalue weighted by Crippen LogP contribution is -2.31. The van der Waals surface area contributed by atoms with Crippen LogP contribution in [0.25, 0.3) is 0 Å². The number of H-pyrrole nitrogens is 1. The zero-order valence-electron chi connectivity index (χ0n) is 14.8. The van der Waals surface area contributed by atoms with Gasteiger partial charge in [0.15, 0.2) is 0 Å². The number of nitrogen functional groups attached to an aromatic ring is 1. The van der Waals surface area contributed by atoms with Crippen molar-refractivity contribution in [2.45, 2.75) is 30.8 Å². The van der Waals surface area contributed by atoms with E-state index in [1.165, 1.54) is 10.4 Å². The van der Waals surface area contributed by atoms with Gasteiger partial charge in [0, 0.05) is 18.8 Å². The summed E-state index contributed by atoms with van der Waals surface area (Å²) >= 11 is 1.12. The third-order valence-electron chi connectivity index (χ3n) is 3.61. The van der Waals surface area contributed by atoms with Gasteiger partial charge >= 0.3 is 0 Å². The Kier molecular flexibility index (Phi) is 6.62. The van der Waals surface area contributed by atoms with Gasteiger partial charge < -0.3 is 11.1 Å². The van der Waals surface area contributed by atoms with Crippen LogP contribution in [0.15, 0.2) is 28.3 Å². The predicted octanol–water partition coefficient (Wildman–Crippen LogP) is 1.46. The summed E-state index contributed by atoms with van der Waals surface area (Å²) in [6.45, 7) is 6.06. The Hall–Kier alpha value is -2.11. The highest BCUT2D eigenvalue weighted by Crippen LogP contribution is 2.24. The third-order valence-corrected chi connectivity index (χ3v) is 6.65. The molecule has 0 aliphatic rings. The molecule has 1 heterocycles. The van der Waals surface area contributed by atoms with E-state index < -0.39 is 10.0 Å². The number of thioether (sulfide) groups is 1. The van der Waals surface area contributed by atoms with Crippen LogP contribution in [0.2, 0.25) is 0 Å². The van der Waals surface area contributed by atoms with Crippen molar-refractivity contribution in [1.29, 1.82) is 0 Å². The summed E-state index contributed by atoms with van der Waals surface area (Å²) in [5.41, 5.74) is 6.47. The SMILES string of the molecule is CCN(CC)S(=O)(=O)c1cc(NC(=O)CSc2n[nH]c(N)n2)ccc1C. The maximum atomic E-state index is 12.7. The normalized spacial score (nSPS) is 11.7. The Labute approximate surface area is 156 Å². The largest absolute Gasteiger partial charge is 0.368 e. The Balaban J connectivity index is 2.12. The van der Waals surface area contributed by atoms with Gasteiger partial charge in [-0.2, -0.15) is 9.29 Å². The van der Waals surface area contributed by atoms with Crippen molar-refractivity contribution in [3.8, 4) is 0 Å². The van der Waals surface area contributed by atoms with E-state index >= 15 is 0 Å². The Morgan fingerprint density at radius 1 is 1.35 bits per heavy atom. The Bertz CT molecular complexity index is 877. The minimum atomic E-state index is -3.60. The molecular weight excluding hydrogens is 376 g/mol. The standard InChI is InChI=1S/C15H22N6O3S2/c1-4-21(5-2)26(23,24)12-8-11(7-6-10(12)3)17-13(22)9-25-15-18-14(16)19-20-15/h6-8H,4-5,9H2,1-3H3,(H,17,22)(H3,16,18,19,20). The minimum Gasteiger partial charge on any atom is -0.368 e. The van der Waals surface area contributed by atoms with Gasteiger partial charge in [0.1, 0.15) is 0 Å². The maximum absolute atomic E-state index is 12.7. The van der Waals surface area contributed by atoms with E-state index in [1.54, 1.807) is 32.9 Å². The fourth-order valence-electron chi connectivity index (χ4n) is 2.31. The lowest BCUT2D eigenvalue weighted by atomic mass is 10.2. The number of benzene rings is 1. The summed E-state index contributed by atoms with van der Waals surface area (Å²) in [7, 11) is -3.60. The molecule has 4 N–H and O–H groups in total. The fraction of sp³-hybridized carbons (Fsp3) is 0.400. The number of hydrogen-bond donors (Lipinski definition) is 3. The number of nitrogens with one attached hydrogen (secondary N) is 2. The molecule has 0 fully saturated rings. The molecule has 0 atom stereocenters. The van der Waals surface area contributed by atoms with Crippen molar-refractivity contribution in [1.82, 2.24) is 19.5 Å². The minimum absolute atomic E-state index is 0.0727. The molecule has 0 spiro atoms. The van der Waals surface area contributed by atoms with E-state index in [4.69, 9.17) is 5.73 Å². The molecule has 26 heavy (non-hydrogen) atoms. The number of anilines is 2. The monoisotopic (exact) mass is 398 g/mol. The molecule has 0 saturated carbocycles. The highest BCUT2D eigenvalue weighted by atomic mass is 32.2. The Morgan fingerprint density at radius 2 is 2.04 bits per heavy atom. The molecule has 1 aromatic heterocycles. The van der Waals surface area contributed by atoms with Crippen LogP contribution in [-0.4, -0.2) is 52.7 Å². The van der Waals surface area contributed by atoms with Gasteiger partial charge in [-0.25, -0.2) is 13.5 Å². The van der Waals surface area contributed by atoms with E-state index in [0.29, 0.717) is 29.5 Å². The molecule has 11 heteroatoms. The molecule has 1 aromatic carbocycles. The van der Waals surface area contributed by atoms with Crippen molar-refractivity contribution in [3.63, 3.8) is 0 Å². The number of hydrogen-bond acceptors (Lipinski definition) is 7. The molecule has 2 aromatic rings. The fourth-order valence-corrected chi connectivity index (χ4v) is 4.62. The first-order chi connectivity index (χ1) is 12.3. The molecule has 142 valence electrons. The van der Waals surface area contributed by atoms with Gasteiger partial charge in [-0.3, -0.25) is 4.79 Å². The molecule has 1 amide bonds. The van der Waals surface area contributed by atoms with E-state index in [-0.39, 0.29) is 22.5 Å².